The van der Waals surface area contributed by atoms with Gasteiger partial charge in [0.2, 0.25) is 0 Å². The zero-order valence-electron chi connectivity index (χ0n) is 17.3. The lowest BCUT2D eigenvalue weighted by Crippen LogP contribution is -2.26. The normalized spacial score (nSPS) is 11.1. The second-order valence-corrected chi connectivity index (χ2v) is 7.76. The van der Waals surface area contributed by atoms with E-state index in [1.165, 1.54) is 11.8 Å². The van der Waals surface area contributed by atoms with Gasteiger partial charge >= 0.3 is 0 Å². The molecule has 0 aliphatic carbocycles. The molecule has 0 fully saturated rings. The maximum atomic E-state index is 12.0. The number of aromatic nitrogens is 2. The van der Waals surface area contributed by atoms with E-state index in [0.717, 1.165) is 24.5 Å². The molecule has 154 valence electrons. The van der Waals surface area contributed by atoms with Crippen molar-refractivity contribution in [3.63, 3.8) is 0 Å². The molecule has 0 unspecified atom stereocenters. The molecule has 1 amide bonds. The molecule has 8 heteroatoms. The van der Waals surface area contributed by atoms with Crippen molar-refractivity contribution in [2.45, 2.75) is 44.0 Å². The standard InChI is InChI=1S/C20H30N4O3S/c1-6-10-24(4)18-12-16(14(2)3)22-20(23-18)28-13-15-7-8-17(27-15)19(25)21-9-11-26-5/h7-8,12,14H,6,9-11,13H2,1-5H3,(H,21,25). The Morgan fingerprint density at radius 1 is 1.36 bits per heavy atom. The molecule has 0 bridgehead atoms. The number of thioether (sulfide) groups is 1. The van der Waals surface area contributed by atoms with Crippen molar-refractivity contribution in [2.75, 3.05) is 38.8 Å². The lowest BCUT2D eigenvalue weighted by atomic mass is 10.1. The van der Waals surface area contributed by atoms with Crippen LogP contribution in [0.15, 0.2) is 27.8 Å². The van der Waals surface area contributed by atoms with Gasteiger partial charge in [0.25, 0.3) is 5.91 Å². The molecule has 2 aromatic heterocycles. The molecule has 28 heavy (non-hydrogen) atoms. The highest BCUT2D eigenvalue weighted by atomic mass is 32.2. The predicted molar refractivity (Wildman–Crippen MR) is 112 cm³/mol. The molecule has 2 heterocycles. The van der Waals surface area contributed by atoms with Crippen LogP contribution in [0.4, 0.5) is 5.82 Å². The lowest BCUT2D eigenvalue weighted by molar-refractivity contribution is 0.0908. The van der Waals surface area contributed by atoms with Gasteiger partial charge in [-0.05, 0) is 24.5 Å². The topological polar surface area (TPSA) is 80.5 Å². The highest BCUT2D eigenvalue weighted by Crippen LogP contribution is 2.26. The second-order valence-electron chi connectivity index (χ2n) is 6.81. The van der Waals surface area contributed by atoms with E-state index in [9.17, 15) is 4.79 Å². The molecule has 2 rings (SSSR count). The number of carbonyl (C=O) groups excluding carboxylic acids is 1. The summed E-state index contributed by atoms with van der Waals surface area (Å²) in [6.07, 6.45) is 1.06. The lowest BCUT2D eigenvalue weighted by Gasteiger charge is -2.19. The van der Waals surface area contributed by atoms with Gasteiger partial charge in [-0.25, -0.2) is 9.97 Å². The minimum absolute atomic E-state index is 0.241. The maximum Gasteiger partial charge on any atom is 0.287 e. The van der Waals surface area contributed by atoms with Crippen molar-refractivity contribution in [3.05, 3.63) is 35.4 Å². The molecular weight excluding hydrogens is 376 g/mol. The molecular formula is C20H30N4O3S. The zero-order valence-corrected chi connectivity index (χ0v) is 18.1. The van der Waals surface area contributed by atoms with Crippen LogP contribution in [0.2, 0.25) is 0 Å². The molecule has 0 aliphatic heterocycles. The first-order chi connectivity index (χ1) is 13.4. The first kappa shape index (κ1) is 22.2. The van der Waals surface area contributed by atoms with E-state index in [2.05, 4.69) is 47.0 Å². The van der Waals surface area contributed by atoms with Gasteiger partial charge < -0.3 is 19.4 Å². The molecule has 0 aliphatic rings. The van der Waals surface area contributed by atoms with Crippen LogP contribution >= 0.6 is 11.8 Å². The Morgan fingerprint density at radius 2 is 2.14 bits per heavy atom. The van der Waals surface area contributed by atoms with Crippen molar-refractivity contribution in [2.24, 2.45) is 0 Å². The Kier molecular flexibility index (Phi) is 8.79. The van der Waals surface area contributed by atoms with Crippen LogP contribution in [0.25, 0.3) is 0 Å². The van der Waals surface area contributed by atoms with E-state index >= 15 is 0 Å². The monoisotopic (exact) mass is 406 g/mol. The van der Waals surface area contributed by atoms with E-state index in [-0.39, 0.29) is 5.91 Å². The number of furan rings is 1. The van der Waals surface area contributed by atoms with Crippen molar-refractivity contribution in [1.29, 1.82) is 0 Å². The Morgan fingerprint density at radius 3 is 2.82 bits per heavy atom. The van der Waals surface area contributed by atoms with Crippen molar-refractivity contribution in [3.8, 4) is 0 Å². The van der Waals surface area contributed by atoms with Crippen LogP contribution < -0.4 is 10.2 Å². The van der Waals surface area contributed by atoms with Crippen molar-refractivity contribution in [1.82, 2.24) is 15.3 Å². The third-order valence-corrected chi connectivity index (χ3v) is 4.94. The summed E-state index contributed by atoms with van der Waals surface area (Å²) in [5.41, 5.74) is 1.02. The van der Waals surface area contributed by atoms with Gasteiger partial charge in [0.15, 0.2) is 10.9 Å². The Bertz CT molecular complexity index is 764. The maximum absolute atomic E-state index is 12.0. The number of anilines is 1. The van der Waals surface area contributed by atoms with Crippen LogP contribution in [0.1, 0.15) is 55.1 Å². The summed E-state index contributed by atoms with van der Waals surface area (Å²) >= 11 is 1.51. The van der Waals surface area contributed by atoms with Crippen LogP contribution in [-0.2, 0) is 10.5 Å². The Hall–Kier alpha value is -2.06. The largest absolute Gasteiger partial charge is 0.455 e. The summed E-state index contributed by atoms with van der Waals surface area (Å²) in [7, 11) is 3.64. The quantitative estimate of drug-likeness (QED) is 0.346. The number of rotatable bonds is 11. The van der Waals surface area contributed by atoms with Gasteiger partial charge in [0.1, 0.15) is 11.6 Å². The average Bonchev–Trinajstić information content (AvgIpc) is 3.15. The van der Waals surface area contributed by atoms with E-state index in [0.29, 0.717) is 41.5 Å². The molecule has 0 saturated carbocycles. The van der Waals surface area contributed by atoms with Gasteiger partial charge in [-0.15, -0.1) is 0 Å². The summed E-state index contributed by atoms with van der Waals surface area (Å²) in [4.78, 5) is 23.5. The first-order valence-corrected chi connectivity index (χ1v) is 10.5. The van der Waals surface area contributed by atoms with Gasteiger partial charge in [-0.3, -0.25) is 4.79 Å². The van der Waals surface area contributed by atoms with E-state index in [1.54, 1.807) is 13.2 Å². The number of hydrogen-bond acceptors (Lipinski definition) is 7. The number of hydrogen-bond donors (Lipinski definition) is 1. The highest BCUT2D eigenvalue weighted by molar-refractivity contribution is 7.98. The van der Waals surface area contributed by atoms with E-state index < -0.39 is 0 Å². The third-order valence-electron chi connectivity index (χ3n) is 4.07. The number of nitrogens with zero attached hydrogens (tertiary/aromatic N) is 3. The van der Waals surface area contributed by atoms with Crippen LogP contribution in [0.3, 0.4) is 0 Å². The Balaban J connectivity index is 2.04. The smallest absolute Gasteiger partial charge is 0.287 e. The van der Waals surface area contributed by atoms with Gasteiger partial charge in [0.05, 0.1) is 12.4 Å². The van der Waals surface area contributed by atoms with E-state index in [4.69, 9.17) is 9.15 Å². The number of nitrogens with one attached hydrogen (secondary N) is 1. The fraction of sp³-hybridized carbons (Fsp3) is 0.550. The number of carbonyl (C=O) groups is 1. The summed E-state index contributed by atoms with van der Waals surface area (Å²) in [5, 5.41) is 3.46. The molecule has 0 saturated heterocycles. The third kappa shape index (κ3) is 6.53. The van der Waals surface area contributed by atoms with Crippen LogP contribution in [0.5, 0.6) is 0 Å². The van der Waals surface area contributed by atoms with Crippen LogP contribution in [0, 0.1) is 0 Å². The minimum atomic E-state index is -0.241. The summed E-state index contributed by atoms with van der Waals surface area (Å²) < 4.78 is 10.6. The molecule has 2 aromatic rings. The summed E-state index contributed by atoms with van der Waals surface area (Å²) in [5.74, 6) is 2.58. The molecule has 7 nitrogen and oxygen atoms in total. The average molecular weight is 407 g/mol. The van der Waals surface area contributed by atoms with Gasteiger partial charge in [0, 0.05) is 39.0 Å². The first-order valence-electron chi connectivity index (χ1n) is 9.53. The molecule has 0 radical (unpaired) electrons. The summed E-state index contributed by atoms with van der Waals surface area (Å²) in [6, 6.07) is 5.55. The Labute approximate surface area is 171 Å². The van der Waals surface area contributed by atoms with Crippen molar-refractivity contribution >= 4 is 23.5 Å². The van der Waals surface area contributed by atoms with Crippen molar-refractivity contribution < 1.29 is 13.9 Å². The molecule has 0 spiro atoms. The van der Waals surface area contributed by atoms with E-state index in [1.807, 2.05) is 13.1 Å². The van der Waals surface area contributed by atoms with Gasteiger partial charge in [-0.1, -0.05) is 32.5 Å². The SMILES string of the molecule is CCCN(C)c1cc(C(C)C)nc(SCc2ccc(C(=O)NCCOC)o2)n1. The molecule has 0 aromatic carbocycles. The second kappa shape index (κ2) is 11.1. The minimum Gasteiger partial charge on any atom is -0.455 e. The zero-order chi connectivity index (χ0) is 20.5. The van der Waals surface area contributed by atoms with Crippen LogP contribution in [-0.4, -0.2) is 49.7 Å². The van der Waals surface area contributed by atoms with Gasteiger partial charge in [-0.2, -0.15) is 0 Å². The number of amides is 1. The summed E-state index contributed by atoms with van der Waals surface area (Å²) in [6.45, 7) is 8.26. The molecule has 0 atom stereocenters. The fourth-order valence-corrected chi connectivity index (χ4v) is 3.26. The number of methoxy groups -OCH3 is 1. The highest BCUT2D eigenvalue weighted by Gasteiger charge is 2.14. The fourth-order valence-electron chi connectivity index (χ4n) is 2.50. The number of ether oxygens (including phenoxy) is 1. The molecule has 1 N–H and O–H groups in total. The predicted octanol–water partition coefficient (Wildman–Crippen LogP) is 3.71.